The van der Waals surface area contributed by atoms with E-state index in [9.17, 15) is 0 Å². The Morgan fingerprint density at radius 1 is 0.714 bits per heavy atom. The van der Waals surface area contributed by atoms with Crippen molar-refractivity contribution in [3.8, 4) is 0 Å². The van der Waals surface area contributed by atoms with E-state index in [1.165, 1.54) is 0 Å². The summed E-state index contributed by atoms with van der Waals surface area (Å²) in [4.78, 5) is 27.0. The molecule has 0 spiro atoms. The van der Waals surface area contributed by atoms with Crippen LogP contribution in [0.2, 0.25) is 0 Å². The van der Waals surface area contributed by atoms with Crippen LogP contribution in [0.3, 0.4) is 0 Å². The average molecular weight is 318 g/mol. The molecular formula is C6H12O7Sb. The van der Waals surface area contributed by atoms with Gasteiger partial charge in [0.05, 0.1) is 0 Å². The molecular weight excluding hydrogens is 306 g/mol. The van der Waals surface area contributed by atoms with Crippen molar-refractivity contribution in [2.24, 2.45) is 0 Å². The molecule has 0 atom stereocenters. The third-order valence-electron chi connectivity index (χ3n) is 0. The van der Waals surface area contributed by atoms with E-state index < -0.39 is 17.9 Å². The van der Waals surface area contributed by atoms with Crippen molar-refractivity contribution in [2.45, 2.75) is 20.8 Å². The molecule has 0 aliphatic rings. The predicted molar refractivity (Wildman–Crippen MR) is 46.4 cm³/mol. The third kappa shape index (κ3) is 1170. The predicted octanol–water partition coefficient (Wildman–Crippen LogP) is -0.227. The molecule has 1 radical (unpaired) electrons. The van der Waals surface area contributed by atoms with Crippen LogP contribution in [0.15, 0.2) is 0 Å². The van der Waals surface area contributed by atoms with Gasteiger partial charge in [-0.2, -0.15) is 0 Å². The van der Waals surface area contributed by atoms with Crippen LogP contribution in [0.5, 0.6) is 0 Å². The number of rotatable bonds is 0. The molecule has 0 aliphatic carbocycles. The molecule has 0 unspecified atom stereocenters. The zero-order valence-corrected chi connectivity index (χ0v) is 10.5. The first-order chi connectivity index (χ1) is 6.20. The van der Waals surface area contributed by atoms with Gasteiger partial charge in [0.1, 0.15) is 0 Å². The van der Waals surface area contributed by atoms with Crippen LogP contribution in [0.25, 0.3) is 0 Å². The quantitative estimate of drug-likeness (QED) is 0.526. The Bertz CT molecular complexity index is 127. The van der Waals surface area contributed by atoms with Crippen molar-refractivity contribution >= 4 is 40.9 Å². The van der Waals surface area contributed by atoms with Crippen molar-refractivity contribution in [3.63, 3.8) is 0 Å². The molecule has 0 heterocycles. The number of hydrogen-bond donors (Lipinski definition) is 3. The molecule has 3 N–H and O–H groups in total. The van der Waals surface area contributed by atoms with Crippen LogP contribution in [0.4, 0.5) is 0 Å². The van der Waals surface area contributed by atoms with Crippen molar-refractivity contribution in [1.29, 1.82) is 0 Å². The molecule has 7 nitrogen and oxygen atoms in total. The zero-order chi connectivity index (χ0) is 12.7. The summed E-state index contributed by atoms with van der Waals surface area (Å²) in [6.07, 6.45) is 0. The van der Waals surface area contributed by atoms with Gasteiger partial charge in [-0.25, -0.2) is 0 Å². The molecule has 0 fully saturated rings. The molecule has 0 amide bonds. The Labute approximate surface area is 94.6 Å². The van der Waals surface area contributed by atoms with Crippen LogP contribution < -0.4 is 0 Å². The van der Waals surface area contributed by atoms with E-state index in [-0.39, 0.29) is 0 Å². The summed E-state index contributed by atoms with van der Waals surface area (Å²) >= 11 is 0.500. The first-order valence-corrected chi connectivity index (χ1v) is 4.01. The molecule has 0 saturated carbocycles. The van der Waals surface area contributed by atoms with Crippen molar-refractivity contribution < 1.29 is 32.7 Å². The Morgan fingerprint density at radius 3 is 0.714 bits per heavy atom. The van der Waals surface area contributed by atoms with Gasteiger partial charge in [-0.05, 0) is 0 Å². The molecule has 0 bridgehead atoms. The number of aliphatic carboxylic acids is 3. The fraction of sp³-hybridized carbons (Fsp3) is 0.500. The zero-order valence-electron chi connectivity index (χ0n) is 7.92. The molecule has 0 aliphatic heterocycles. The maximum atomic E-state index is 9.00. The van der Waals surface area contributed by atoms with E-state index in [0.717, 1.165) is 20.8 Å². The number of carboxylic acids is 3. The molecule has 83 valence electrons. The maximum absolute atomic E-state index is 9.00. The van der Waals surface area contributed by atoms with E-state index in [1.807, 2.05) is 0 Å². The van der Waals surface area contributed by atoms with Crippen LogP contribution in [0, 0.1) is 0 Å². The van der Waals surface area contributed by atoms with Gasteiger partial charge in [-0.1, -0.05) is 0 Å². The summed E-state index contributed by atoms with van der Waals surface area (Å²) in [5.74, 6) is -2.50. The minimum atomic E-state index is -0.833. The van der Waals surface area contributed by atoms with Crippen LogP contribution >= 0.6 is 0 Å². The van der Waals surface area contributed by atoms with Gasteiger partial charge in [0, 0.05) is 20.8 Å². The Hall–Kier alpha value is -0.972. The number of hydrogen-bond acceptors (Lipinski definition) is 4. The van der Waals surface area contributed by atoms with Crippen molar-refractivity contribution in [3.05, 3.63) is 0 Å². The first kappa shape index (κ1) is 23.1. The Balaban J connectivity index is -0.0000000492. The van der Waals surface area contributed by atoms with E-state index in [0.29, 0.717) is 23.0 Å². The Kier molecular flexibility index (Phi) is 37.5. The van der Waals surface area contributed by atoms with Gasteiger partial charge >= 0.3 is 26.0 Å². The Morgan fingerprint density at radius 2 is 0.714 bits per heavy atom. The second-order valence-electron chi connectivity index (χ2n) is 1.56. The van der Waals surface area contributed by atoms with E-state index in [2.05, 4.69) is 0 Å². The number of carbonyl (C=O) groups is 3. The second kappa shape index (κ2) is 22.7. The summed E-state index contributed by atoms with van der Waals surface area (Å²) in [6, 6.07) is 0. The van der Waals surface area contributed by atoms with Gasteiger partial charge in [0.2, 0.25) is 0 Å². The molecule has 0 aromatic heterocycles. The monoisotopic (exact) mass is 317 g/mol. The molecule has 0 saturated heterocycles. The van der Waals surface area contributed by atoms with E-state index in [1.54, 1.807) is 0 Å². The first-order valence-electron chi connectivity index (χ1n) is 2.97. The summed E-state index contributed by atoms with van der Waals surface area (Å²) in [7, 11) is 0. The molecule has 8 heteroatoms. The number of carboxylic acid groups (broad SMARTS) is 3. The molecule has 0 aromatic carbocycles. The summed E-state index contributed by atoms with van der Waals surface area (Å²) < 4.78 is 8.30. The summed E-state index contributed by atoms with van der Waals surface area (Å²) in [5.41, 5.74) is 0. The van der Waals surface area contributed by atoms with Gasteiger partial charge in [0.15, 0.2) is 0 Å². The van der Waals surface area contributed by atoms with Crippen molar-refractivity contribution in [1.82, 2.24) is 0 Å². The fourth-order valence-corrected chi connectivity index (χ4v) is 0. The van der Waals surface area contributed by atoms with Crippen LogP contribution in [-0.4, -0.2) is 56.2 Å². The van der Waals surface area contributed by atoms with Crippen molar-refractivity contribution in [2.75, 3.05) is 0 Å². The van der Waals surface area contributed by atoms with Gasteiger partial charge in [-0.3, -0.25) is 14.4 Å². The van der Waals surface area contributed by atoms with Crippen LogP contribution in [0.1, 0.15) is 20.8 Å². The summed E-state index contributed by atoms with van der Waals surface area (Å²) in [6.45, 7) is 3.25. The fourth-order valence-electron chi connectivity index (χ4n) is 0. The molecule has 0 rings (SSSR count). The molecule has 0 aromatic rings. The minimum absolute atomic E-state index is 0.500. The molecule has 14 heavy (non-hydrogen) atoms. The average Bonchev–Trinajstić information content (AvgIpc) is 1.86. The third-order valence-corrected chi connectivity index (χ3v) is 0. The topological polar surface area (TPSA) is 129 Å². The van der Waals surface area contributed by atoms with E-state index in [4.69, 9.17) is 32.7 Å². The van der Waals surface area contributed by atoms with Crippen LogP contribution in [-0.2, 0) is 17.4 Å². The SMILES string of the molecule is CC(=O)O.CC(=O)O.CC(=O)O.[O]=[Sb]. The normalized spacial score (nSPS) is 5.64. The van der Waals surface area contributed by atoms with Gasteiger partial charge < -0.3 is 15.3 Å². The summed E-state index contributed by atoms with van der Waals surface area (Å²) in [5, 5.41) is 22.2. The van der Waals surface area contributed by atoms with E-state index >= 15 is 0 Å². The second-order valence-corrected chi connectivity index (χ2v) is 1.56. The standard InChI is InChI=1S/3C2H4O2.O.Sb/c3*1-2(3)4;;/h3*1H3,(H,3,4);;. The van der Waals surface area contributed by atoms with Gasteiger partial charge in [-0.15, -0.1) is 0 Å². The van der Waals surface area contributed by atoms with Gasteiger partial charge in [0.25, 0.3) is 17.9 Å².